The molecule has 2 amide bonds. The summed E-state index contributed by atoms with van der Waals surface area (Å²) in [4.78, 5) is 27.9. The van der Waals surface area contributed by atoms with Crippen molar-refractivity contribution in [1.82, 2.24) is 10.6 Å². The first-order valence-corrected chi connectivity index (χ1v) is 11.5. The summed E-state index contributed by atoms with van der Waals surface area (Å²) in [6.45, 7) is 10.9. The van der Waals surface area contributed by atoms with E-state index in [2.05, 4.69) is 29.4 Å². The summed E-state index contributed by atoms with van der Waals surface area (Å²) in [6, 6.07) is 4.37. The molecule has 1 aromatic carbocycles. The van der Waals surface area contributed by atoms with Crippen LogP contribution in [-0.4, -0.2) is 57.3 Å². The summed E-state index contributed by atoms with van der Waals surface area (Å²) in [6.07, 6.45) is 2.86. The van der Waals surface area contributed by atoms with Gasteiger partial charge in [-0.05, 0) is 57.6 Å². The van der Waals surface area contributed by atoms with Crippen LogP contribution in [0.4, 0.5) is 5.69 Å². The fourth-order valence-electron chi connectivity index (χ4n) is 4.93. The van der Waals surface area contributed by atoms with Crippen LogP contribution in [-0.2, 0) is 9.53 Å². The number of hydrogen-bond acceptors (Lipinski definition) is 5. The summed E-state index contributed by atoms with van der Waals surface area (Å²) in [7, 11) is 1.62. The molecule has 1 aromatic rings. The van der Waals surface area contributed by atoms with E-state index < -0.39 is 0 Å². The third kappa shape index (κ3) is 5.32. The Labute approximate surface area is 185 Å². The molecular weight excluding hydrogens is 394 g/mol. The second-order valence-electron chi connectivity index (χ2n) is 8.89. The van der Waals surface area contributed by atoms with E-state index in [0.29, 0.717) is 23.9 Å². The second kappa shape index (κ2) is 10.4. The van der Waals surface area contributed by atoms with E-state index in [0.717, 1.165) is 50.3 Å². The van der Waals surface area contributed by atoms with Crippen LogP contribution in [0, 0.1) is 18.8 Å². The van der Waals surface area contributed by atoms with Gasteiger partial charge in [-0.3, -0.25) is 9.59 Å². The largest absolute Gasteiger partial charge is 0.497 e. The molecule has 0 aromatic heterocycles. The number of anilines is 1. The lowest BCUT2D eigenvalue weighted by atomic mass is 9.84. The summed E-state index contributed by atoms with van der Waals surface area (Å²) in [5.41, 5.74) is 2.55. The molecule has 3 unspecified atom stereocenters. The Morgan fingerprint density at radius 1 is 1.29 bits per heavy atom. The normalized spacial score (nSPS) is 24.4. The van der Waals surface area contributed by atoms with Crippen LogP contribution in [0.5, 0.6) is 5.75 Å². The Morgan fingerprint density at radius 3 is 2.61 bits per heavy atom. The first-order valence-electron chi connectivity index (χ1n) is 11.5. The van der Waals surface area contributed by atoms with Gasteiger partial charge < -0.3 is 25.0 Å². The van der Waals surface area contributed by atoms with E-state index in [-0.39, 0.29) is 29.7 Å². The Bertz CT molecular complexity index is 791. The zero-order chi connectivity index (χ0) is 22.5. The molecule has 2 fully saturated rings. The molecule has 2 aliphatic heterocycles. The van der Waals surface area contributed by atoms with Crippen molar-refractivity contribution in [1.29, 1.82) is 0 Å². The van der Waals surface area contributed by atoms with Crippen molar-refractivity contribution in [3.05, 3.63) is 23.3 Å². The standard InChI is InChI=1S/C24H37N3O4/c1-6-27(18-7-9-31-10-8-18)22-13-19(30-5)12-20(17(22)4)23(28)25-14-21-15(2)11-16(3)26-24(21)29/h12-13,15-16,18,21H,6-11,14H2,1-5H3,(H,25,28)(H,26,29). The molecule has 0 aliphatic carbocycles. The number of piperidine rings is 1. The molecule has 3 atom stereocenters. The highest BCUT2D eigenvalue weighted by Crippen LogP contribution is 2.32. The zero-order valence-electron chi connectivity index (χ0n) is 19.5. The Hall–Kier alpha value is -2.28. The molecular formula is C24H37N3O4. The molecule has 7 nitrogen and oxygen atoms in total. The molecule has 0 spiro atoms. The molecule has 0 saturated carbocycles. The fourth-order valence-corrected chi connectivity index (χ4v) is 4.93. The van der Waals surface area contributed by atoms with Gasteiger partial charge in [-0.15, -0.1) is 0 Å². The number of hydrogen-bond donors (Lipinski definition) is 2. The second-order valence-corrected chi connectivity index (χ2v) is 8.89. The van der Waals surface area contributed by atoms with E-state index >= 15 is 0 Å². The quantitative estimate of drug-likeness (QED) is 0.694. The SMILES string of the molecule is CCN(c1cc(OC)cc(C(=O)NCC2C(=O)NC(C)CC2C)c1C)C1CCOCC1. The van der Waals surface area contributed by atoms with Crippen LogP contribution in [0.2, 0.25) is 0 Å². The average Bonchev–Trinajstić information content (AvgIpc) is 2.75. The smallest absolute Gasteiger partial charge is 0.251 e. The number of benzene rings is 1. The predicted octanol–water partition coefficient (Wildman–Crippen LogP) is 2.90. The molecule has 2 N–H and O–H groups in total. The minimum atomic E-state index is -0.208. The molecule has 31 heavy (non-hydrogen) atoms. The zero-order valence-corrected chi connectivity index (χ0v) is 19.5. The van der Waals surface area contributed by atoms with E-state index in [4.69, 9.17) is 9.47 Å². The van der Waals surface area contributed by atoms with E-state index in [1.807, 2.05) is 19.9 Å². The highest BCUT2D eigenvalue weighted by atomic mass is 16.5. The van der Waals surface area contributed by atoms with Gasteiger partial charge in [0.05, 0.1) is 13.0 Å². The molecule has 2 aliphatic rings. The molecule has 172 valence electrons. The maximum atomic E-state index is 13.2. The van der Waals surface area contributed by atoms with Crippen LogP contribution in [0.25, 0.3) is 0 Å². The fraction of sp³-hybridized carbons (Fsp3) is 0.667. The van der Waals surface area contributed by atoms with Crippen molar-refractivity contribution < 1.29 is 19.1 Å². The Morgan fingerprint density at radius 2 is 2.00 bits per heavy atom. The van der Waals surface area contributed by atoms with Crippen LogP contribution >= 0.6 is 0 Å². The van der Waals surface area contributed by atoms with Crippen molar-refractivity contribution in [3.63, 3.8) is 0 Å². The summed E-state index contributed by atoms with van der Waals surface area (Å²) >= 11 is 0. The molecule has 3 rings (SSSR count). The number of nitrogens with one attached hydrogen (secondary N) is 2. The van der Waals surface area contributed by atoms with Gasteiger partial charge in [0.2, 0.25) is 5.91 Å². The Balaban J connectivity index is 1.80. The highest BCUT2D eigenvalue weighted by molar-refractivity contribution is 5.98. The third-order valence-corrected chi connectivity index (χ3v) is 6.74. The van der Waals surface area contributed by atoms with Gasteiger partial charge in [0.1, 0.15) is 5.75 Å². The van der Waals surface area contributed by atoms with Gasteiger partial charge in [0.25, 0.3) is 5.91 Å². The highest BCUT2D eigenvalue weighted by Gasteiger charge is 2.32. The van der Waals surface area contributed by atoms with Crippen LogP contribution in [0.1, 0.15) is 56.0 Å². The topological polar surface area (TPSA) is 79.9 Å². The molecule has 7 heteroatoms. The first kappa shape index (κ1) is 23.4. The van der Waals surface area contributed by atoms with Crippen molar-refractivity contribution in [2.75, 3.05) is 38.3 Å². The number of methoxy groups -OCH3 is 1. The molecule has 0 bridgehead atoms. The number of nitrogens with zero attached hydrogens (tertiary/aromatic N) is 1. The van der Waals surface area contributed by atoms with E-state index in [1.54, 1.807) is 13.2 Å². The summed E-state index contributed by atoms with van der Waals surface area (Å²) in [5, 5.41) is 6.00. The lowest BCUT2D eigenvalue weighted by Crippen LogP contribution is -2.50. The minimum Gasteiger partial charge on any atom is -0.497 e. The van der Waals surface area contributed by atoms with Crippen molar-refractivity contribution in [3.8, 4) is 5.75 Å². The van der Waals surface area contributed by atoms with E-state index in [1.165, 1.54) is 0 Å². The Kier molecular flexibility index (Phi) is 7.81. The van der Waals surface area contributed by atoms with Crippen molar-refractivity contribution in [2.24, 2.45) is 11.8 Å². The molecule has 2 heterocycles. The van der Waals surface area contributed by atoms with Crippen molar-refractivity contribution in [2.45, 2.75) is 59.0 Å². The van der Waals surface area contributed by atoms with Crippen LogP contribution < -0.4 is 20.3 Å². The van der Waals surface area contributed by atoms with Gasteiger partial charge in [-0.25, -0.2) is 0 Å². The number of ether oxygens (including phenoxy) is 2. The van der Waals surface area contributed by atoms with Crippen LogP contribution in [0.3, 0.4) is 0 Å². The third-order valence-electron chi connectivity index (χ3n) is 6.74. The monoisotopic (exact) mass is 431 g/mol. The lowest BCUT2D eigenvalue weighted by Gasteiger charge is -2.36. The van der Waals surface area contributed by atoms with Gasteiger partial charge in [0, 0.05) is 55.7 Å². The minimum absolute atomic E-state index is 0.0197. The van der Waals surface area contributed by atoms with Gasteiger partial charge in [-0.1, -0.05) is 6.92 Å². The van der Waals surface area contributed by atoms with E-state index in [9.17, 15) is 9.59 Å². The number of rotatable bonds is 7. The summed E-state index contributed by atoms with van der Waals surface area (Å²) < 4.78 is 11.1. The first-order chi connectivity index (χ1) is 14.8. The number of amides is 2. The average molecular weight is 432 g/mol. The maximum Gasteiger partial charge on any atom is 0.251 e. The lowest BCUT2D eigenvalue weighted by molar-refractivity contribution is -0.129. The van der Waals surface area contributed by atoms with Crippen LogP contribution in [0.15, 0.2) is 12.1 Å². The van der Waals surface area contributed by atoms with Gasteiger partial charge in [-0.2, -0.15) is 0 Å². The van der Waals surface area contributed by atoms with Gasteiger partial charge in [0.15, 0.2) is 0 Å². The van der Waals surface area contributed by atoms with Gasteiger partial charge >= 0.3 is 0 Å². The molecule has 2 saturated heterocycles. The summed E-state index contributed by atoms with van der Waals surface area (Å²) in [5.74, 6) is 0.537. The predicted molar refractivity (Wildman–Crippen MR) is 122 cm³/mol. The number of carbonyl (C=O) groups excluding carboxylic acids is 2. The van der Waals surface area contributed by atoms with Crippen molar-refractivity contribution >= 4 is 17.5 Å². The maximum absolute atomic E-state index is 13.2. The molecule has 0 radical (unpaired) electrons. The number of carbonyl (C=O) groups is 2.